The Kier molecular flexibility index (Phi) is 3.05. The molecule has 2 rings (SSSR count). The van der Waals surface area contributed by atoms with Crippen molar-refractivity contribution in [2.75, 3.05) is 0 Å². The highest BCUT2D eigenvalue weighted by Crippen LogP contribution is 2.24. The second kappa shape index (κ2) is 4.49. The topological polar surface area (TPSA) is 55.0 Å². The van der Waals surface area contributed by atoms with Gasteiger partial charge in [0.05, 0.1) is 11.9 Å². The zero-order valence-corrected chi connectivity index (χ0v) is 10.1. The lowest BCUT2D eigenvalue weighted by Gasteiger charge is -2.07. The van der Waals surface area contributed by atoms with Crippen LogP contribution in [0.1, 0.15) is 5.69 Å². The van der Waals surface area contributed by atoms with E-state index in [4.69, 9.17) is 4.74 Å². The zero-order chi connectivity index (χ0) is 11.5. The SMILES string of the molecule is Cc1[nH]c(=O)ncc1Oc1cccc(Br)c1. The Hall–Kier alpha value is -1.62. The van der Waals surface area contributed by atoms with Crippen LogP contribution >= 0.6 is 15.9 Å². The van der Waals surface area contributed by atoms with Crippen molar-refractivity contribution >= 4 is 15.9 Å². The lowest BCUT2D eigenvalue weighted by atomic mass is 10.3. The molecule has 82 valence electrons. The first-order valence-electron chi connectivity index (χ1n) is 4.64. The zero-order valence-electron chi connectivity index (χ0n) is 8.53. The molecule has 0 saturated heterocycles. The third-order valence-electron chi connectivity index (χ3n) is 1.99. The standard InChI is InChI=1S/C11H9BrN2O2/c1-7-10(6-13-11(15)14-7)16-9-4-2-3-8(12)5-9/h2-6H,1H3,(H,13,14,15). The largest absolute Gasteiger partial charge is 0.454 e. The van der Waals surface area contributed by atoms with Gasteiger partial charge >= 0.3 is 5.69 Å². The Morgan fingerprint density at radius 3 is 2.94 bits per heavy atom. The van der Waals surface area contributed by atoms with Gasteiger partial charge in [0.1, 0.15) is 5.75 Å². The fraction of sp³-hybridized carbons (Fsp3) is 0.0909. The molecule has 16 heavy (non-hydrogen) atoms. The van der Waals surface area contributed by atoms with Crippen LogP contribution in [0.4, 0.5) is 0 Å². The number of rotatable bonds is 2. The highest BCUT2D eigenvalue weighted by Gasteiger charge is 2.02. The Balaban J connectivity index is 2.30. The average Bonchev–Trinajstić information content (AvgIpc) is 2.22. The van der Waals surface area contributed by atoms with E-state index in [0.717, 1.165) is 4.47 Å². The molecule has 0 bridgehead atoms. The molecule has 1 heterocycles. The number of H-pyrrole nitrogens is 1. The molecule has 2 aromatic rings. The van der Waals surface area contributed by atoms with Crippen LogP contribution in [0.15, 0.2) is 39.7 Å². The van der Waals surface area contributed by atoms with E-state index in [0.29, 0.717) is 17.2 Å². The quantitative estimate of drug-likeness (QED) is 0.920. The van der Waals surface area contributed by atoms with Crippen molar-refractivity contribution in [3.63, 3.8) is 0 Å². The van der Waals surface area contributed by atoms with Gasteiger partial charge in [-0.15, -0.1) is 0 Å². The van der Waals surface area contributed by atoms with Crippen LogP contribution in [-0.2, 0) is 0 Å². The summed E-state index contributed by atoms with van der Waals surface area (Å²) in [5.74, 6) is 1.23. The summed E-state index contributed by atoms with van der Waals surface area (Å²) < 4.78 is 6.51. The second-order valence-electron chi connectivity index (χ2n) is 3.24. The smallest absolute Gasteiger partial charge is 0.345 e. The Labute approximate surface area is 100 Å². The minimum Gasteiger partial charge on any atom is -0.454 e. The predicted octanol–water partition coefficient (Wildman–Crippen LogP) is 2.63. The number of halogens is 1. The van der Waals surface area contributed by atoms with Crippen LogP contribution in [0, 0.1) is 6.92 Å². The highest BCUT2D eigenvalue weighted by atomic mass is 79.9. The molecule has 0 aliphatic rings. The van der Waals surface area contributed by atoms with Gasteiger partial charge in [0.25, 0.3) is 0 Å². The summed E-state index contributed by atoms with van der Waals surface area (Å²) in [5.41, 5.74) is 0.277. The number of benzene rings is 1. The number of hydrogen-bond donors (Lipinski definition) is 1. The molecule has 1 aromatic heterocycles. The summed E-state index contributed by atoms with van der Waals surface area (Å²) in [6.45, 7) is 1.76. The molecule has 0 fully saturated rings. The molecule has 1 N–H and O–H groups in total. The summed E-state index contributed by atoms with van der Waals surface area (Å²) in [4.78, 5) is 17.1. The fourth-order valence-corrected chi connectivity index (χ4v) is 1.61. The second-order valence-corrected chi connectivity index (χ2v) is 4.15. The first-order valence-corrected chi connectivity index (χ1v) is 5.44. The summed E-state index contributed by atoms with van der Waals surface area (Å²) in [7, 11) is 0. The van der Waals surface area contributed by atoms with Crippen LogP contribution in [0.5, 0.6) is 11.5 Å². The van der Waals surface area contributed by atoms with E-state index in [1.54, 1.807) is 6.92 Å². The summed E-state index contributed by atoms with van der Waals surface area (Å²) >= 11 is 3.35. The third-order valence-corrected chi connectivity index (χ3v) is 2.48. The monoisotopic (exact) mass is 280 g/mol. The molecule has 0 atom stereocenters. The van der Waals surface area contributed by atoms with Crippen LogP contribution in [-0.4, -0.2) is 9.97 Å². The van der Waals surface area contributed by atoms with Gasteiger partial charge in [-0.25, -0.2) is 4.79 Å². The molecule has 0 saturated carbocycles. The molecular weight excluding hydrogens is 272 g/mol. The maximum atomic E-state index is 10.9. The molecule has 0 spiro atoms. The van der Waals surface area contributed by atoms with Crippen molar-refractivity contribution in [1.82, 2.24) is 9.97 Å². The molecule has 5 heteroatoms. The van der Waals surface area contributed by atoms with Crippen LogP contribution in [0.25, 0.3) is 0 Å². The molecule has 1 aromatic carbocycles. The van der Waals surface area contributed by atoms with E-state index in [9.17, 15) is 4.79 Å². The van der Waals surface area contributed by atoms with Crippen molar-refractivity contribution in [3.8, 4) is 11.5 Å². The van der Waals surface area contributed by atoms with Crippen LogP contribution < -0.4 is 10.4 Å². The van der Waals surface area contributed by atoms with E-state index in [2.05, 4.69) is 25.9 Å². The van der Waals surface area contributed by atoms with Crippen molar-refractivity contribution in [3.05, 3.63) is 51.1 Å². The van der Waals surface area contributed by atoms with Gasteiger partial charge in [0.2, 0.25) is 0 Å². The van der Waals surface area contributed by atoms with Gasteiger partial charge in [0, 0.05) is 4.47 Å². The van der Waals surface area contributed by atoms with Crippen molar-refractivity contribution in [1.29, 1.82) is 0 Å². The van der Waals surface area contributed by atoms with Gasteiger partial charge in [-0.1, -0.05) is 22.0 Å². The lowest BCUT2D eigenvalue weighted by molar-refractivity contribution is 0.471. The Morgan fingerprint density at radius 1 is 1.44 bits per heavy atom. The fourth-order valence-electron chi connectivity index (χ4n) is 1.23. The minimum absolute atomic E-state index is 0.376. The number of ether oxygens (including phenoxy) is 1. The maximum Gasteiger partial charge on any atom is 0.345 e. The number of nitrogens with one attached hydrogen (secondary N) is 1. The van der Waals surface area contributed by atoms with Crippen molar-refractivity contribution in [2.24, 2.45) is 0 Å². The van der Waals surface area contributed by atoms with Gasteiger partial charge in [-0.2, -0.15) is 4.98 Å². The average molecular weight is 281 g/mol. The predicted molar refractivity (Wildman–Crippen MR) is 63.8 cm³/mol. The van der Waals surface area contributed by atoms with E-state index < -0.39 is 0 Å². The molecule has 0 aliphatic heterocycles. The van der Waals surface area contributed by atoms with E-state index in [-0.39, 0.29) is 5.69 Å². The first-order chi connectivity index (χ1) is 7.65. The van der Waals surface area contributed by atoms with E-state index >= 15 is 0 Å². The van der Waals surface area contributed by atoms with E-state index in [1.165, 1.54) is 6.20 Å². The number of aromatic amines is 1. The van der Waals surface area contributed by atoms with Crippen LogP contribution in [0.2, 0.25) is 0 Å². The number of aryl methyl sites for hydroxylation is 1. The molecule has 0 unspecified atom stereocenters. The first kappa shape index (κ1) is 10.9. The summed E-state index contributed by atoms with van der Waals surface area (Å²) in [5, 5.41) is 0. The summed E-state index contributed by atoms with van der Waals surface area (Å²) in [6.07, 6.45) is 1.41. The molecule has 0 radical (unpaired) electrons. The lowest BCUT2D eigenvalue weighted by Crippen LogP contribution is -2.11. The van der Waals surface area contributed by atoms with Crippen molar-refractivity contribution in [2.45, 2.75) is 6.92 Å². The number of hydrogen-bond acceptors (Lipinski definition) is 3. The summed E-state index contributed by atoms with van der Waals surface area (Å²) in [6, 6.07) is 7.44. The van der Waals surface area contributed by atoms with Gasteiger partial charge in [-0.3, -0.25) is 0 Å². The van der Waals surface area contributed by atoms with Crippen molar-refractivity contribution < 1.29 is 4.74 Å². The molecule has 0 aliphatic carbocycles. The molecule has 4 nitrogen and oxygen atoms in total. The van der Waals surface area contributed by atoms with E-state index in [1.807, 2.05) is 24.3 Å². The highest BCUT2D eigenvalue weighted by molar-refractivity contribution is 9.10. The van der Waals surface area contributed by atoms with Gasteiger partial charge < -0.3 is 9.72 Å². The Morgan fingerprint density at radius 2 is 2.25 bits per heavy atom. The Bertz CT molecular complexity index is 566. The van der Waals surface area contributed by atoms with Gasteiger partial charge in [0.15, 0.2) is 5.75 Å². The third kappa shape index (κ3) is 2.49. The number of aromatic nitrogens is 2. The maximum absolute atomic E-state index is 10.9. The van der Waals surface area contributed by atoms with Crippen LogP contribution in [0.3, 0.4) is 0 Å². The molecular formula is C11H9BrN2O2. The normalized spacial score (nSPS) is 10.1. The number of nitrogens with zero attached hydrogens (tertiary/aromatic N) is 1. The van der Waals surface area contributed by atoms with Gasteiger partial charge in [-0.05, 0) is 25.1 Å². The minimum atomic E-state index is -0.376. The molecule has 0 amide bonds.